The van der Waals surface area contributed by atoms with Crippen LogP contribution < -0.4 is 4.90 Å². The molecular formula is C14H14N2O3. The Hall–Kier alpha value is -2.30. The molecule has 0 saturated carbocycles. The minimum atomic E-state index is -0.562. The minimum absolute atomic E-state index is 0.166. The van der Waals surface area contributed by atoms with Gasteiger partial charge < -0.3 is 9.72 Å². The largest absolute Gasteiger partial charge is 0.467 e. The van der Waals surface area contributed by atoms with E-state index in [2.05, 4.69) is 4.98 Å². The molecule has 1 N–H and O–H groups in total. The number of carbonyl (C=O) groups excluding carboxylic acids is 2. The second kappa shape index (κ2) is 4.12. The van der Waals surface area contributed by atoms with Gasteiger partial charge in [-0.2, -0.15) is 0 Å². The van der Waals surface area contributed by atoms with Crippen molar-refractivity contribution in [1.29, 1.82) is 0 Å². The Morgan fingerprint density at radius 1 is 1.37 bits per heavy atom. The Kier molecular flexibility index (Phi) is 2.55. The fourth-order valence-electron chi connectivity index (χ4n) is 2.74. The molecule has 2 heterocycles. The number of anilines is 1. The number of carbonyl (C=O) groups is 2. The Bertz CT molecular complexity index is 674. The monoisotopic (exact) mass is 258 g/mol. The summed E-state index contributed by atoms with van der Waals surface area (Å²) < 4.78 is 4.78. The molecule has 1 aliphatic heterocycles. The molecule has 1 atom stereocenters. The number of H-pyrrole nitrogens is 1. The summed E-state index contributed by atoms with van der Waals surface area (Å²) in [4.78, 5) is 28.3. The summed E-state index contributed by atoms with van der Waals surface area (Å²) in [5.74, 6) is 0.161. The molecule has 5 nitrogen and oxygen atoms in total. The fraction of sp³-hybridized carbons (Fsp3) is 0.286. The topological polar surface area (TPSA) is 62.4 Å². The van der Waals surface area contributed by atoms with Crippen molar-refractivity contribution >= 4 is 28.6 Å². The molecule has 0 saturated heterocycles. The number of nitrogens with zero attached hydrogens (tertiary/aromatic N) is 1. The Labute approximate surface area is 110 Å². The third kappa shape index (κ3) is 1.62. The zero-order valence-corrected chi connectivity index (χ0v) is 10.8. The highest BCUT2D eigenvalue weighted by Crippen LogP contribution is 2.37. The Morgan fingerprint density at radius 3 is 2.79 bits per heavy atom. The molecule has 0 radical (unpaired) electrons. The van der Waals surface area contributed by atoms with Gasteiger partial charge in [0.05, 0.1) is 7.11 Å². The van der Waals surface area contributed by atoms with Crippen LogP contribution in [0.5, 0.6) is 0 Å². The van der Waals surface area contributed by atoms with Crippen LogP contribution in [-0.2, 0) is 20.7 Å². The van der Waals surface area contributed by atoms with Crippen LogP contribution in [0.25, 0.3) is 10.9 Å². The number of esters is 1. The standard InChI is InChI=1S/C14H14N2O3/c1-8(17)16-12(14(18)19-2)7-10-9-5-3-4-6-11(9)15-13(10)16/h3-6,12,15H,7H2,1-2H3/t12-/m0/s1. The summed E-state index contributed by atoms with van der Waals surface area (Å²) in [7, 11) is 1.34. The van der Waals surface area contributed by atoms with Crippen molar-refractivity contribution in [3.05, 3.63) is 29.8 Å². The van der Waals surface area contributed by atoms with Gasteiger partial charge in [0.1, 0.15) is 11.9 Å². The van der Waals surface area contributed by atoms with Crippen LogP contribution in [-0.4, -0.2) is 30.0 Å². The predicted molar refractivity (Wildman–Crippen MR) is 71.0 cm³/mol. The van der Waals surface area contributed by atoms with Crippen LogP contribution >= 0.6 is 0 Å². The van der Waals surface area contributed by atoms with Gasteiger partial charge in [-0.25, -0.2) is 4.79 Å². The lowest BCUT2D eigenvalue weighted by molar-refractivity contribution is -0.143. The maximum Gasteiger partial charge on any atom is 0.329 e. The maximum absolute atomic E-state index is 11.8. The van der Waals surface area contributed by atoms with E-state index in [9.17, 15) is 9.59 Å². The second-order valence-electron chi connectivity index (χ2n) is 4.63. The molecule has 1 amide bonds. The second-order valence-corrected chi connectivity index (χ2v) is 4.63. The first-order valence-electron chi connectivity index (χ1n) is 6.10. The van der Waals surface area contributed by atoms with Crippen LogP contribution in [0, 0.1) is 0 Å². The molecule has 2 aromatic rings. The lowest BCUT2D eigenvalue weighted by atomic mass is 10.1. The lowest BCUT2D eigenvalue weighted by Gasteiger charge is -2.21. The number of para-hydroxylation sites is 1. The number of rotatable bonds is 1. The number of nitrogens with one attached hydrogen (secondary N) is 1. The zero-order valence-electron chi connectivity index (χ0n) is 10.8. The molecule has 0 spiro atoms. The number of ether oxygens (including phenoxy) is 1. The van der Waals surface area contributed by atoms with Crippen molar-refractivity contribution in [2.24, 2.45) is 0 Å². The van der Waals surface area contributed by atoms with Gasteiger partial charge in [-0.15, -0.1) is 0 Å². The van der Waals surface area contributed by atoms with Gasteiger partial charge in [0.15, 0.2) is 0 Å². The van der Waals surface area contributed by atoms with Gasteiger partial charge >= 0.3 is 5.97 Å². The summed E-state index contributed by atoms with van der Waals surface area (Å²) in [6.45, 7) is 1.45. The summed E-state index contributed by atoms with van der Waals surface area (Å²) in [6, 6.07) is 7.26. The highest BCUT2D eigenvalue weighted by molar-refractivity contribution is 6.04. The quantitative estimate of drug-likeness (QED) is 0.790. The lowest BCUT2D eigenvalue weighted by Crippen LogP contribution is -2.42. The average molecular weight is 258 g/mol. The van der Waals surface area contributed by atoms with Gasteiger partial charge in [0.25, 0.3) is 0 Å². The third-order valence-electron chi connectivity index (χ3n) is 3.55. The summed E-state index contributed by atoms with van der Waals surface area (Å²) in [6.07, 6.45) is 0.492. The van der Waals surface area contributed by atoms with Crippen molar-refractivity contribution in [3.63, 3.8) is 0 Å². The van der Waals surface area contributed by atoms with Crippen molar-refractivity contribution in [1.82, 2.24) is 4.98 Å². The first-order valence-corrected chi connectivity index (χ1v) is 6.10. The minimum Gasteiger partial charge on any atom is -0.467 e. The molecular weight excluding hydrogens is 244 g/mol. The van der Waals surface area contributed by atoms with E-state index in [0.29, 0.717) is 12.2 Å². The molecule has 1 aromatic carbocycles. The number of benzene rings is 1. The molecule has 1 aliphatic rings. The van der Waals surface area contributed by atoms with Crippen LogP contribution in [0.1, 0.15) is 12.5 Å². The number of fused-ring (bicyclic) bond motifs is 3. The smallest absolute Gasteiger partial charge is 0.329 e. The Morgan fingerprint density at radius 2 is 2.11 bits per heavy atom. The normalized spacial score (nSPS) is 17.6. The summed E-state index contributed by atoms with van der Waals surface area (Å²) in [5.41, 5.74) is 1.98. The number of aromatic nitrogens is 1. The van der Waals surface area contributed by atoms with Crippen molar-refractivity contribution < 1.29 is 14.3 Å². The average Bonchev–Trinajstić information content (AvgIpc) is 2.92. The van der Waals surface area contributed by atoms with Gasteiger partial charge in [-0.05, 0) is 6.07 Å². The van der Waals surface area contributed by atoms with Crippen molar-refractivity contribution in [2.75, 3.05) is 12.0 Å². The number of methoxy groups -OCH3 is 1. The molecule has 19 heavy (non-hydrogen) atoms. The van der Waals surface area contributed by atoms with E-state index in [1.165, 1.54) is 18.9 Å². The van der Waals surface area contributed by atoms with E-state index in [1.54, 1.807) is 0 Å². The number of aromatic amines is 1. The van der Waals surface area contributed by atoms with Crippen LogP contribution in [0.4, 0.5) is 5.82 Å². The third-order valence-corrected chi connectivity index (χ3v) is 3.55. The molecule has 0 aliphatic carbocycles. The van der Waals surface area contributed by atoms with E-state index in [1.807, 2.05) is 24.3 Å². The Balaban J connectivity index is 2.15. The number of hydrogen-bond donors (Lipinski definition) is 1. The fourth-order valence-corrected chi connectivity index (χ4v) is 2.74. The first kappa shape index (κ1) is 11.8. The van der Waals surface area contributed by atoms with E-state index in [-0.39, 0.29) is 11.9 Å². The summed E-state index contributed by atoms with van der Waals surface area (Å²) in [5, 5.41) is 1.05. The van der Waals surface area contributed by atoms with Crippen LogP contribution in [0.3, 0.4) is 0 Å². The van der Waals surface area contributed by atoms with Crippen molar-refractivity contribution in [3.8, 4) is 0 Å². The van der Waals surface area contributed by atoms with E-state index >= 15 is 0 Å². The SMILES string of the molecule is COC(=O)[C@@H]1Cc2c([nH]c3ccccc23)N1C(C)=O. The van der Waals surface area contributed by atoms with E-state index in [0.717, 1.165) is 16.5 Å². The van der Waals surface area contributed by atoms with Gasteiger partial charge in [0.2, 0.25) is 5.91 Å². The highest BCUT2D eigenvalue weighted by Gasteiger charge is 2.39. The van der Waals surface area contributed by atoms with Gasteiger partial charge in [-0.3, -0.25) is 9.69 Å². The van der Waals surface area contributed by atoms with Gasteiger partial charge in [-0.1, -0.05) is 18.2 Å². The summed E-state index contributed by atoms with van der Waals surface area (Å²) >= 11 is 0. The van der Waals surface area contributed by atoms with E-state index in [4.69, 9.17) is 4.74 Å². The highest BCUT2D eigenvalue weighted by atomic mass is 16.5. The van der Waals surface area contributed by atoms with E-state index < -0.39 is 6.04 Å². The van der Waals surface area contributed by atoms with Crippen LogP contribution in [0.15, 0.2) is 24.3 Å². The molecule has 0 fully saturated rings. The molecule has 98 valence electrons. The molecule has 1 aromatic heterocycles. The molecule has 5 heteroatoms. The number of amides is 1. The zero-order chi connectivity index (χ0) is 13.6. The number of hydrogen-bond acceptors (Lipinski definition) is 3. The van der Waals surface area contributed by atoms with Crippen LogP contribution in [0.2, 0.25) is 0 Å². The molecule has 0 unspecified atom stereocenters. The van der Waals surface area contributed by atoms with Gasteiger partial charge in [0, 0.05) is 29.8 Å². The maximum atomic E-state index is 11.8. The first-order chi connectivity index (χ1) is 9.13. The molecule has 0 bridgehead atoms. The molecule has 3 rings (SSSR count). The predicted octanol–water partition coefficient (Wildman–Crippen LogP) is 1.62. The van der Waals surface area contributed by atoms with Crippen molar-refractivity contribution in [2.45, 2.75) is 19.4 Å².